The van der Waals surface area contributed by atoms with Gasteiger partial charge in [0.2, 0.25) is 0 Å². The number of rotatable bonds is 5. The van der Waals surface area contributed by atoms with Crippen molar-refractivity contribution in [1.29, 1.82) is 0 Å². The van der Waals surface area contributed by atoms with Crippen LogP contribution in [0.15, 0.2) is 66.7 Å². The van der Waals surface area contributed by atoms with Crippen molar-refractivity contribution in [2.24, 2.45) is 0 Å². The van der Waals surface area contributed by atoms with Gasteiger partial charge in [-0.2, -0.15) is 0 Å². The molecule has 0 bridgehead atoms. The zero-order valence-corrected chi connectivity index (χ0v) is 13.5. The maximum atomic E-state index is 12.4. The van der Waals surface area contributed by atoms with Gasteiger partial charge in [-0.1, -0.05) is 54.6 Å². The van der Waals surface area contributed by atoms with Crippen molar-refractivity contribution in [2.45, 2.75) is 25.4 Å². The summed E-state index contributed by atoms with van der Waals surface area (Å²) >= 11 is 0. The minimum absolute atomic E-state index is 0.0125. The van der Waals surface area contributed by atoms with E-state index in [9.17, 15) is 4.79 Å². The summed E-state index contributed by atoms with van der Waals surface area (Å²) in [7, 11) is 0. The summed E-state index contributed by atoms with van der Waals surface area (Å²) in [5, 5.41) is 8.97. The zero-order valence-electron chi connectivity index (χ0n) is 13.5. The fourth-order valence-corrected chi connectivity index (χ4v) is 2.96. The number of hydrogen-bond donors (Lipinski definition) is 2. The summed E-state index contributed by atoms with van der Waals surface area (Å²) in [5.41, 5.74) is 2.82. The van der Waals surface area contributed by atoms with Crippen LogP contribution in [0, 0.1) is 0 Å². The first kappa shape index (κ1) is 14.8. The average Bonchev–Trinajstić information content (AvgIpc) is 3.44. The number of fused-ring (bicyclic) bond motifs is 1. The Morgan fingerprint density at radius 1 is 0.917 bits per heavy atom. The van der Waals surface area contributed by atoms with E-state index in [-0.39, 0.29) is 5.91 Å². The SMILES string of the molecule is O=C(NC1CC1)c1ccccc1NCc1cccc2ccccc12. The molecule has 0 atom stereocenters. The van der Waals surface area contributed by atoms with E-state index < -0.39 is 0 Å². The Bertz CT molecular complexity index is 878. The first-order valence-electron chi connectivity index (χ1n) is 8.42. The van der Waals surface area contributed by atoms with Gasteiger partial charge >= 0.3 is 0 Å². The summed E-state index contributed by atoms with van der Waals surface area (Å²) in [6.07, 6.45) is 2.19. The Hall–Kier alpha value is -2.81. The molecule has 3 nitrogen and oxygen atoms in total. The number of anilines is 1. The lowest BCUT2D eigenvalue weighted by molar-refractivity contribution is 0.0952. The minimum atomic E-state index is 0.0125. The van der Waals surface area contributed by atoms with E-state index in [4.69, 9.17) is 0 Å². The van der Waals surface area contributed by atoms with E-state index in [0.717, 1.165) is 18.5 Å². The molecule has 0 unspecified atom stereocenters. The molecule has 0 aromatic heterocycles. The highest BCUT2D eigenvalue weighted by molar-refractivity contribution is 6.00. The van der Waals surface area contributed by atoms with Crippen LogP contribution in [0.5, 0.6) is 0 Å². The van der Waals surface area contributed by atoms with E-state index in [2.05, 4.69) is 53.1 Å². The molecular weight excluding hydrogens is 296 g/mol. The van der Waals surface area contributed by atoms with Crippen LogP contribution in [0.2, 0.25) is 0 Å². The van der Waals surface area contributed by atoms with Crippen LogP contribution in [0.4, 0.5) is 5.69 Å². The van der Waals surface area contributed by atoms with Crippen molar-refractivity contribution in [3.63, 3.8) is 0 Å². The van der Waals surface area contributed by atoms with E-state index in [1.807, 2.05) is 24.3 Å². The van der Waals surface area contributed by atoms with Crippen molar-refractivity contribution in [3.05, 3.63) is 77.9 Å². The Labute approximate surface area is 141 Å². The number of hydrogen-bond acceptors (Lipinski definition) is 2. The highest BCUT2D eigenvalue weighted by atomic mass is 16.1. The van der Waals surface area contributed by atoms with E-state index >= 15 is 0 Å². The first-order valence-corrected chi connectivity index (χ1v) is 8.42. The summed E-state index contributed by atoms with van der Waals surface area (Å²) < 4.78 is 0. The minimum Gasteiger partial charge on any atom is -0.380 e. The van der Waals surface area contributed by atoms with Crippen LogP contribution in [0.25, 0.3) is 10.8 Å². The maximum Gasteiger partial charge on any atom is 0.253 e. The third-order valence-electron chi connectivity index (χ3n) is 4.43. The van der Waals surface area contributed by atoms with Crippen LogP contribution >= 0.6 is 0 Å². The van der Waals surface area contributed by atoms with Crippen molar-refractivity contribution in [3.8, 4) is 0 Å². The Balaban J connectivity index is 1.56. The number of amides is 1. The van der Waals surface area contributed by atoms with Gasteiger partial charge in [-0.05, 0) is 41.3 Å². The molecule has 3 heteroatoms. The number of carbonyl (C=O) groups excluding carboxylic acids is 1. The Morgan fingerprint density at radius 3 is 2.54 bits per heavy atom. The Morgan fingerprint density at radius 2 is 1.67 bits per heavy atom. The lowest BCUT2D eigenvalue weighted by Crippen LogP contribution is -2.26. The molecule has 1 aliphatic rings. The average molecular weight is 316 g/mol. The van der Waals surface area contributed by atoms with Crippen molar-refractivity contribution >= 4 is 22.4 Å². The first-order chi connectivity index (χ1) is 11.8. The molecule has 3 aromatic carbocycles. The van der Waals surface area contributed by atoms with Crippen molar-refractivity contribution in [2.75, 3.05) is 5.32 Å². The van der Waals surface area contributed by atoms with Crippen molar-refractivity contribution < 1.29 is 4.79 Å². The van der Waals surface area contributed by atoms with Gasteiger partial charge < -0.3 is 10.6 Å². The normalized spacial score (nSPS) is 13.7. The molecule has 2 N–H and O–H groups in total. The van der Waals surface area contributed by atoms with E-state index in [1.165, 1.54) is 16.3 Å². The lowest BCUT2D eigenvalue weighted by atomic mass is 10.0. The molecule has 1 amide bonds. The van der Waals surface area contributed by atoms with Gasteiger partial charge in [-0.15, -0.1) is 0 Å². The number of benzene rings is 3. The predicted molar refractivity (Wildman–Crippen MR) is 98.2 cm³/mol. The van der Waals surface area contributed by atoms with Crippen LogP contribution in [-0.4, -0.2) is 11.9 Å². The van der Waals surface area contributed by atoms with Gasteiger partial charge in [0.25, 0.3) is 5.91 Å². The van der Waals surface area contributed by atoms with Crippen molar-refractivity contribution in [1.82, 2.24) is 5.32 Å². The third-order valence-corrected chi connectivity index (χ3v) is 4.43. The molecule has 0 spiro atoms. The topological polar surface area (TPSA) is 41.1 Å². The van der Waals surface area contributed by atoms with Crippen LogP contribution < -0.4 is 10.6 Å². The highest BCUT2D eigenvalue weighted by Gasteiger charge is 2.24. The van der Waals surface area contributed by atoms with E-state index in [0.29, 0.717) is 18.2 Å². The zero-order chi connectivity index (χ0) is 16.4. The van der Waals surface area contributed by atoms with Crippen LogP contribution in [0.1, 0.15) is 28.8 Å². The third kappa shape index (κ3) is 3.11. The summed E-state index contributed by atoms with van der Waals surface area (Å²) in [6, 6.07) is 22.8. The molecular formula is C21H20N2O. The van der Waals surface area contributed by atoms with Crippen LogP contribution in [-0.2, 0) is 6.54 Å². The van der Waals surface area contributed by atoms with Gasteiger partial charge in [0.1, 0.15) is 0 Å². The molecule has 1 saturated carbocycles. The number of para-hydroxylation sites is 1. The second-order valence-corrected chi connectivity index (χ2v) is 6.29. The highest BCUT2D eigenvalue weighted by Crippen LogP contribution is 2.23. The van der Waals surface area contributed by atoms with Crippen LogP contribution in [0.3, 0.4) is 0 Å². The lowest BCUT2D eigenvalue weighted by Gasteiger charge is -2.13. The number of nitrogens with one attached hydrogen (secondary N) is 2. The van der Waals surface area contributed by atoms with Gasteiger partial charge in [-0.3, -0.25) is 4.79 Å². The molecule has 0 heterocycles. The number of carbonyl (C=O) groups is 1. The molecule has 120 valence electrons. The summed E-state index contributed by atoms with van der Waals surface area (Å²) in [6.45, 7) is 0.690. The standard InChI is InChI=1S/C21H20N2O/c24-21(23-17-12-13-17)19-10-3-4-11-20(19)22-14-16-8-5-7-15-6-1-2-9-18(15)16/h1-11,17,22H,12-14H2,(H,23,24). The van der Waals surface area contributed by atoms with E-state index in [1.54, 1.807) is 0 Å². The quantitative estimate of drug-likeness (QED) is 0.735. The fourth-order valence-electron chi connectivity index (χ4n) is 2.96. The van der Waals surface area contributed by atoms with Gasteiger partial charge in [0.05, 0.1) is 5.56 Å². The smallest absolute Gasteiger partial charge is 0.253 e. The summed E-state index contributed by atoms with van der Waals surface area (Å²) in [5.74, 6) is 0.0125. The molecule has 24 heavy (non-hydrogen) atoms. The maximum absolute atomic E-state index is 12.4. The molecule has 1 aliphatic carbocycles. The second kappa shape index (κ2) is 6.36. The van der Waals surface area contributed by atoms with Gasteiger partial charge in [0, 0.05) is 18.3 Å². The molecule has 4 rings (SSSR count). The fraction of sp³-hybridized carbons (Fsp3) is 0.190. The summed E-state index contributed by atoms with van der Waals surface area (Å²) in [4.78, 5) is 12.4. The van der Waals surface area contributed by atoms with Gasteiger partial charge in [-0.25, -0.2) is 0 Å². The second-order valence-electron chi connectivity index (χ2n) is 6.29. The predicted octanol–water partition coefficient (Wildman–Crippen LogP) is 4.34. The van der Waals surface area contributed by atoms with Gasteiger partial charge in [0.15, 0.2) is 0 Å². The monoisotopic (exact) mass is 316 g/mol. The Kier molecular flexibility index (Phi) is 3.91. The molecule has 3 aromatic rings. The molecule has 0 aliphatic heterocycles. The molecule has 0 saturated heterocycles. The largest absolute Gasteiger partial charge is 0.380 e. The molecule has 1 fully saturated rings. The molecule has 0 radical (unpaired) electrons.